The molecule has 6 nitrogen and oxygen atoms in total. The van der Waals surface area contributed by atoms with Crippen LogP contribution < -0.4 is 9.73 Å². The molecule has 8 heteroatoms. The summed E-state index contributed by atoms with van der Waals surface area (Å²) in [5.74, 6) is -0.559. The van der Waals surface area contributed by atoms with Crippen LogP contribution in [-0.4, -0.2) is 27.1 Å². The van der Waals surface area contributed by atoms with Gasteiger partial charge in [0.15, 0.2) is 0 Å². The number of halogens is 1. The van der Waals surface area contributed by atoms with Gasteiger partial charge >= 0.3 is 0 Å². The fourth-order valence-electron chi connectivity index (χ4n) is 2.55. The van der Waals surface area contributed by atoms with Crippen molar-refractivity contribution >= 4 is 43.8 Å². The molecule has 0 aromatic heterocycles. The van der Waals surface area contributed by atoms with Crippen molar-refractivity contribution in [3.05, 3.63) is 95.0 Å². The van der Waals surface area contributed by atoms with E-state index in [1.165, 1.54) is 18.3 Å². The Morgan fingerprint density at radius 3 is 2.17 bits per heavy atom. The van der Waals surface area contributed by atoms with Gasteiger partial charge in [0.2, 0.25) is 0 Å². The van der Waals surface area contributed by atoms with Crippen LogP contribution >= 0.6 is 15.9 Å². The molecular formula is C21H18BrN3O3S. The van der Waals surface area contributed by atoms with Gasteiger partial charge in [0, 0.05) is 10.0 Å². The van der Waals surface area contributed by atoms with Gasteiger partial charge in [0.05, 0.1) is 16.8 Å². The average Bonchev–Trinajstić information content (AvgIpc) is 2.74. The zero-order chi connectivity index (χ0) is 20.7. The van der Waals surface area contributed by atoms with Gasteiger partial charge in [0.1, 0.15) is 6.54 Å². The molecule has 3 aromatic carbocycles. The Kier molecular flexibility index (Phi) is 6.79. The predicted octanol–water partition coefficient (Wildman–Crippen LogP) is 3.79. The van der Waals surface area contributed by atoms with Crippen LogP contribution in [0.1, 0.15) is 5.56 Å². The number of anilines is 1. The number of nitrogens with zero attached hydrogens (tertiary/aromatic N) is 2. The van der Waals surface area contributed by atoms with Crippen LogP contribution in [0.4, 0.5) is 5.69 Å². The summed E-state index contributed by atoms with van der Waals surface area (Å²) < 4.78 is 28.1. The van der Waals surface area contributed by atoms with Crippen molar-refractivity contribution in [2.24, 2.45) is 5.10 Å². The van der Waals surface area contributed by atoms with Crippen LogP contribution in [0.25, 0.3) is 0 Å². The van der Waals surface area contributed by atoms with Crippen molar-refractivity contribution in [2.75, 3.05) is 10.8 Å². The molecule has 0 atom stereocenters. The smallest absolute Gasteiger partial charge is 0.264 e. The lowest BCUT2D eigenvalue weighted by atomic mass is 10.2. The van der Waals surface area contributed by atoms with Gasteiger partial charge in [-0.15, -0.1) is 0 Å². The first kappa shape index (κ1) is 20.8. The van der Waals surface area contributed by atoms with Crippen LogP contribution in [0, 0.1) is 0 Å². The Hall–Kier alpha value is -2.97. The Morgan fingerprint density at radius 2 is 1.52 bits per heavy atom. The molecule has 148 valence electrons. The van der Waals surface area contributed by atoms with Crippen molar-refractivity contribution in [2.45, 2.75) is 4.90 Å². The Balaban J connectivity index is 1.81. The second-order valence-electron chi connectivity index (χ2n) is 5.97. The molecule has 0 saturated heterocycles. The molecule has 0 saturated carbocycles. The van der Waals surface area contributed by atoms with Crippen molar-refractivity contribution in [3.8, 4) is 0 Å². The molecule has 0 fully saturated rings. The molecular weight excluding hydrogens is 454 g/mol. The highest BCUT2D eigenvalue weighted by molar-refractivity contribution is 9.10. The van der Waals surface area contributed by atoms with E-state index in [1.54, 1.807) is 48.5 Å². The number of para-hydroxylation sites is 1. The van der Waals surface area contributed by atoms with E-state index < -0.39 is 22.5 Å². The second kappa shape index (κ2) is 9.49. The molecule has 0 aliphatic carbocycles. The first-order valence-electron chi connectivity index (χ1n) is 8.68. The van der Waals surface area contributed by atoms with Gasteiger partial charge in [-0.05, 0) is 30.3 Å². The summed E-state index contributed by atoms with van der Waals surface area (Å²) in [6, 6.07) is 23.9. The largest absolute Gasteiger partial charge is 0.271 e. The average molecular weight is 472 g/mol. The molecule has 0 spiro atoms. The molecule has 0 aliphatic rings. The van der Waals surface area contributed by atoms with E-state index in [-0.39, 0.29) is 4.90 Å². The number of hydrogen-bond donors (Lipinski definition) is 1. The lowest BCUT2D eigenvalue weighted by Gasteiger charge is -2.23. The standard InChI is InChI=1S/C21H18BrN3O3S/c22-20-14-8-7-9-17(20)15-23-24-21(26)16-25(18-10-3-1-4-11-18)29(27,28)19-12-5-2-6-13-19/h1-15H,16H2,(H,24,26)/b23-15+. The molecule has 0 radical (unpaired) electrons. The first-order chi connectivity index (χ1) is 14.0. The molecule has 0 aliphatic heterocycles. The SMILES string of the molecule is O=C(CN(c1ccccc1)S(=O)(=O)c1ccccc1)N/N=C/c1ccccc1Br. The van der Waals surface area contributed by atoms with Crippen molar-refractivity contribution in [1.82, 2.24) is 5.43 Å². The number of nitrogens with one attached hydrogen (secondary N) is 1. The second-order valence-corrected chi connectivity index (χ2v) is 8.69. The van der Waals surface area contributed by atoms with E-state index in [2.05, 4.69) is 26.5 Å². The maximum atomic E-state index is 13.1. The topological polar surface area (TPSA) is 78.8 Å². The quantitative estimate of drug-likeness (QED) is 0.420. The number of amides is 1. The minimum Gasteiger partial charge on any atom is -0.271 e. The van der Waals surface area contributed by atoms with E-state index in [9.17, 15) is 13.2 Å². The van der Waals surface area contributed by atoms with Gasteiger partial charge in [0.25, 0.3) is 15.9 Å². The van der Waals surface area contributed by atoms with E-state index in [0.29, 0.717) is 5.69 Å². The summed E-state index contributed by atoms with van der Waals surface area (Å²) in [7, 11) is -3.92. The third-order valence-electron chi connectivity index (χ3n) is 3.96. The third kappa shape index (κ3) is 5.30. The van der Waals surface area contributed by atoms with Crippen LogP contribution in [0.15, 0.2) is 99.4 Å². The number of sulfonamides is 1. The summed E-state index contributed by atoms with van der Waals surface area (Å²) in [4.78, 5) is 12.5. The normalized spacial score (nSPS) is 11.3. The number of carbonyl (C=O) groups excluding carboxylic acids is 1. The lowest BCUT2D eigenvalue weighted by molar-refractivity contribution is -0.119. The Bertz CT molecular complexity index is 1100. The summed E-state index contributed by atoms with van der Waals surface area (Å²) in [5.41, 5.74) is 3.56. The fourth-order valence-corrected chi connectivity index (χ4v) is 4.38. The van der Waals surface area contributed by atoms with Crippen molar-refractivity contribution in [1.29, 1.82) is 0 Å². The highest BCUT2D eigenvalue weighted by atomic mass is 79.9. The zero-order valence-corrected chi connectivity index (χ0v) is 17.7. The molecule has 0 heterocycles. The van der Waals surface area contributed by atoms with Gasteiger partial charge in [-0.3, -0.25) is 9.10 Å². The van der Waals surface area contributed by atoms with Crippen LogP contribution in [-0.2, 0) is 14.8 Å². The van der Waals surface area contributed by atoms with Gasteiger partial charge in [-0.2, -0.15) is 5.10 Å². The van der Waals surface area contributed by atoms with Gasteiger partial charge < -0.3 is 0 Å². The summed E-state index contributed by atoms with van der Waals surface area (Å²) in [6.07, 6.45) is 1.49. The van der Waals surface area contributed by atoms with E-state index >= 15 is 0 Å². The minimum atomic E-state index is -3.92. The molecule has 29 heavy (non-hydrogen) atoms. The zero-order valence-electron chi connectivity index (χ0n) is 15.3. The minimum absolute atomic E-state index is 0.105. The number of hydrogen-bond acceptors (Lipinski definition) is 4. The van der Waals surface area contributed by atoms with Crippen LogP contribution in [0.2, 0.25) is 0 Å². The first-order valence-corrected chi connectivity index (χ1v) is 10.9. The molecule has 1 amide bonds. The lowest BCUT2D eigenvalue weighted by Crippen LogP contribution is -2.39. The number of hydrazone groups is 1. The fraction of sp³-hybridized carbons (Fsp3) is 0.0476. The monoisotopic (exact) mass is 471 g/mol. The van der Waals surface area contributed by atoms with Crippen molar-refractivity contribution in [3.63, 3.8) is 0 Å². The number of carbonyl (C=O) groups is 1. The summed E-state index contributed by atoms with van der Waals surface area (Å²) in [6.45, 7) is -0.408. The third-order valence-corrected chi connectivity index (χ3v) is 6.47. The summed E-state index contributed by atoms with van der Waals surface area (Å²) >= 11 is 3.39. The highest BCUT2D eigenvalue weighted by Gasteiger charge is 2.26. The number of rotatable bonds is 7. The van der Waals surface area contributed by atoms with Crippen LogP contribution in [0.3, 0.4) is 0 Å². The maximum Gasteiger partial charge on any atom is 0.264 e. The molecule has 0 unspecified atom stereocenters. The van der Waals surface area contributed by atoms with Gasteiger partial charge in [-0.1, -0.05) is 70.5 Å². The molecule has 3 rings (SSSR count). The molecule has 0 bridgehead atoms. The Labute approximate surface area is 178 Å². The summed E-state index contributed by atoms with van der Waals surface area (Å²) in [5, 5.41) is 3.93. The Morgan fingerprint density at radius 1 is 0.931 bits per heavy atom. The maximum absolute atomic E-state index is 13.1. The highest BCUT2D eigenvalue weighted by Crippen LogP contribution is 2.23. The van der Waals surface area contributed by atoms with E-state index in [4.69, 9.17) is 0 Å². The predicted molar refractivity (Wildman–Crippen MR) is 117 cm³/mol. The van der Waals surface area contributed by atoms with Gasteiger partial charge in [-0.25, -0.2) is 13.8 Å². The van der Waals surface area contributed by atoms with E-state index in [1.807, 2.05) is 24.3 Å². The van der Waals surface area contributed by atoms with Crippen molar-refractivity contribution < 1.29 is 13.2 Å². The van der Waals surface area contributed by atoms with E-state index in [0.717, 1.165) is 14.3 Å². The number of benzene rings is 3. The molecule has 3 aromatic rings. The molecule has 1 N–H and O–H groups in total. The van der Waals surface area contributed by atoms with Crippen LogP contribution in [0.5, 0.6) is 0 Å².